The van der Waals surface area contributed by atoms with Gasteiger partial charge in [-0.2, -0.15) is 19.0 Å². The van der Waals surface area contributed by atoms with E-state index in [4.69, 9.17) is 11.6 Å². The summed E-state index contributed by atoms with van der Waals surface area (Å²) >= 11 is 6.15. The number of carbonyl (C=O) groups excluding carboxylic acids is 1. The standard InChI is InChI=1S/C22H20ClF2N7O3.ClH/c23-12-2-3-18(35-22(24)25)13(8-12)19-15(11-32(30-19)16-4-6-26-10-17(16)33)29-21(34)14-9-28-31-7-1-5-27-20(14)31;/h1-3,5,7-9,11,16-17,22,26,33H,4,6,10H2,(H,29,34);1H/t16-,17+;/m0./s1. The molecule has 0 radical (unpaired) electrons. The minimum atomic E-state index is -3.08. The van der Waals surface area contributed by atoms with Crippen LogP contribution in [0.5, 0.6) is 5.75 Å². The van der Waals surface area contributed by atoms with Crippen molar-refractivity contribution in [2.45, 2.75) is 25.2 Å². The van der Waals surface area contributed by atoms with Gasteiger partial charge in [-0.15, -0.1) is 12.4 Å². The minimum Gasteiger partial charge on any atom is -0.434 e. The first-order valence-corrected chi connectivity index (χ1v) is 11.1. The summed E-state index contributed by atoms with van der Waals surface area (Å²) in [6, 6.07) is 5.44. The first kappa shape index (κ1) is 25.8. The minimum absolute atomic E-state index is 0. The van der Waals surface area contributed by atoms with Gasteiger partial charge in [0.05, 0.1) is 24.0 Å². The lowest BCUT2D eigenvalue weighted by molar-refractivity contribution is -0.0494. The van der Waals surface area contributed by atoms with Crippen LogP contribution in [-0.2, 0) is 0 Å². The number of amides is 1. The van der Waals surface area contributed by atoms with Crippen molar-refractivity contribution in [2.24, 2.45) is 0 Å². The zero-order valence-corrected chi connectivity index (χ0v) is 20.1. The summed E-state index contributed by atoms with van der Waals surface area (Å²) in [5.41, 5.74) is 1.09. The summed E-state index contributed by atoms with van der Waals surface area (Å²) < 4.78 is 33.9. The summed E-state index contributed by atoms with van der Waals surface area (Å²) in [5, 5.41) is 25.3. The third-order valence-electron chi connectivity index (χ3n) is 5.67. The molecule has 0 saturated carbocycles. The number of fused-ring (bicyclic) bond motifs is 1. The van der Waals surface area contributed by atoms with Crippen LogP contribution in [0.25, 0.3) is 16.9 Å². The van der Waals surface area contributed by atoms with Gasteiger partial charge in [-0.25, -0.2) is 9.50 Å². The fourth-order valence-corrected chi connectivity index (χ4v) is 4.22. The molecule has 0 aliphatic carbocycles. The Morgan fingerprint density at radius 1 is 1.36 bits per heavy atom. The topological polar surface area (TPSA) is 119 Å². The number of aromatic nitrogens is 5. The number of alkyl halides is 2. The Hall–Kier alpha value is -3.32. The Balaban J connectivity index is 0.00000304. The van der Waals surface area contributed by atoms with Gasteiger partial charge in [-0.1, -0.05) is 11.6 Å². The Labute approximate surface area is 214 Å². The van der Waals surface area contributed by atoms with E-state index in [0.29, 0.717) is 25.2 Å². The van der Waals surface area contributed by atoms with Gasteiger partial charge in [0.2, 0.25) is 0 Å². The largest absolute Gasteiger partial charge is 0.434 e. The number of aliphatic hydroxyl groups is 1. The fraction of sp³-hybridized carbons (Fsp3) is 0.273. The molecule has 1 saturated heterocycles. The smallest absolute Gasteiger partial charge is 0.387 e. The Kier molecular flexibility index (Phi) is 7.69. The molecule has 14 heteroatoms. The summed E-state index contributed by atoms with van der Waals surface area (Å²) in [4.78, 5) is 17.4. The van der Waals surface area contributed by atoms with Crippen molar-refractivity contribution in [3.8, 4) is 17.0 Å². The van der Waals surface area contributed by atoms with E-state index in [0.717, 1.165) is 0 Å². The molecule has 1 amide bonds. The van der Waals surface area contributed by atoms with Gasteiger partial charge in [0.25, 0.3) is 5.91 Å². The predicted octanol–water partition coefficient (Wildman–Crippen LogP) is 3.42. The van der Waals surface area contributed by atoms with Crippen molar-refractivity contribution in [1.82, 2.24) is 29.7 Å². The maximum absolute atomic E-state index is 13.2. The second-order valence-electron chi connectivity index (χ2n) is 7.92. The van der Waals surface area contributed by atoms with E-state index in [-0.39, 0.29) is 45.7 Å². The monoisotopic (exact) mass is 539 g/mol. The van der Waals surface area contributed by atoms with Crippen LogP contribution in [0, 0.1) is 0 Å². The molecule has 1 aliphatic heterocycles. The van der Waals surface area contributed by atoms with Crippen LogP contribution < -0.4 is 15.4 Å². The highest BCUT2D eigenvalue weighted by molar-refractivity contribution is 6.31. The molecule has 190 valence electrons. The summed E-state index contributed by atoms with van der Waals surface area (Å²) in [7, 11) is 0. The van der Waals surface area contributed by atoms with Crippen molar-refractivity contribution in [3.05, 3.63) is 59.6 Å². The number of benzene rings is 1. The third-order valence-corrected chi connectivity index (χ3v) is 5.91. The summed E-state index contributed by atoms with van der Waals surface area (Å²) in [6.45, 7) is -2.05. The number of nitrogens with one attached hydrogen (secondary N) is 2. The third kappa shape index (κ3) is 5.12. The van der Waals surface area contributed by atoms with Crippen LogP contribution in [-0.4, -0.2) is 61.2 Å². The van der Waals surface area contributed by atoms with E-state index in [2.05, 4.69) is 30.6 Å². The summed E-state index contributed by atoms with van der Waals surface area (Å²) in [5.74, 6) is -0.683. The Bertz CT molecular complexity index is 1380. The first-order chi connectivity index (χ1) is 16.9. The number of rotatable bonds is 6. The van der Waals surface area contributed by atoms with E-state index in [1.165, 1.54) is 39.8 Å². The second-order valence-corrected chi connectivity index (χ2v) is 8.35. The molecule has 0 spiro atoms. The second kappa shape index (κ2) is 10.7. The molecule has 5 rings (SSSR count). The number of halogens is 4. The molecule has 1 fully saturated rings. The lowest BCUT2D eigenvalue weighted by atomic mass is 10.0. The van der Waals surface area contributed by atoms with Crippen LogP contribution in [0.3, 0.4) is 0 Å². The maximum Gasteiger partial charge on any atom is 0.387 e. The van der Waals surface area contributed by atoms with Crippen LogP contribution in [0.15, 0.2) is 49.1 Å². The molecule has 1 aromatic carbocycles. The average molecular weight is 540 g/mol. The molecule has 3 aromatic heterocycles. The molecule has 10 nitrogen and oxygen atoms in total. The van der Waals surface area contributed by atoms with Gasteiger partial charge in [0.1, 0.15) is 17.0 Å². The van der Waals surface area contributed by atoms with Crippen molar-refractivity contribution in [3.63, 3.8) is 0 Å². The number of aliphatic hydroxyl groups excluding tert-OH is 1. The highest BCUT2D eigenvalue weighted by Crippen LogP contribution is 2.38. The van der Waals surface area contributed by atoms with Crippen LogP contribution in [0.4, 0.5) is 14.5 Å². The lowest BCUT2D eigenvalue weighted by Crippen LogP contribution is -2.41. The maximum atomic E-state index is 13.2. The molecule has 3 N–H and O–H groups in total. The van der Waals surface area contributed by atoms with Crippen molar-refractivity contribution >= 4 is 41.2 Å². The SMILES string of the molecule is Cl.O=C(Nc1cn([C@H]2CCNC[C@H]2O)nc1-c1cc(Cl)ccc1OC(F)F)c1cnn2cccnc12. The number of anilines is 1. The molecule has 0 bridgehead atoms. The molecule has 2 atom stereocenters. The van der Waals surface area contributed by atoms with Gasteiger partial charge >= 0.3 is 6.61 Å². The first-order valence-electron chi connectivity index (χ1n) is 10.7. The Morgan fingerprint density at radius 3 is 2.97 bits per heavy atom. The normalized spacial score (nSPS) is 17.7. The van der Waals surface area contributed by atoms with Gasteiger partial charge in [-0.3, -0.25) is 9.48 Å². The number of ether oxygens (including phenoxy) is 1. The molecule has 1 aliphatic rings. The van der Waals surface area contributed by atoms with E-state index in [1.807, 2.05) is 0 Å². The van der Waals surface area contributed by atoms with Gasteiger partial charge in [0, 0.05) is 35.7 Å². The molecular formula is C22H21Cl2F2N7O3. The van der Waals surface area contributed by atoms with Crippen molar-refractivity contribution in [1.29, 1.82) is 0 Å². The van der Waals surface area contributed by atoms with Crippen molar-refractivity contribution < 1.29 is 23.4 Å². The molecule has 4 aromatic rings. The average Bonchev–Trinajstić information content (AvgIpc) is 3.45. The highest BCUT2D eigenvalue weighted by atomic mass is 35.5. The van der Waals surface area contributed by atoms with E-state index < -0.39 is 24.7 Å². The van der Waals surface area contributed by atoms with Gasteiger partial charge < -0.3 is 20.5 Å². The number of piperidine rings is 1. The molecule has 4 heterocycles. The van der Waals surface area contributed by atoms with Gasteiger partial charge in [-0.05, 0) is 37.2 Å². The number of β-amino-alcohol motifs (C(OH)–C–C–N with tert-alkyl or cyclic N) is 1. The zero-order chi connectivity index (χ0) is 24.5. The summed E-state index contributed by atoms with van der Waals surface area (Å²) in [6.07, 6.45) is 5.96. The molecule has 36 heavy (non-hydrogen) atoms. The quantitative estimate of drug-likeness (QED) is 0.343. The number of hydrogen-bond acceptors (Lipinski definition) is 7. The fourth-order valence-electron chi connectivity index (χ4n) is 4.05. The van der Waals surface area contributed by atoms with E-state index in [9.17, 15) is 18.7 Å². The van der Waals surface area contributed by atoms with Crippen LogP contribution in [0.2, 0.25) is 5.02 Å². The van der Waals surface area contributed by atoms with Gasteiger partial charge in [0.15, 0.2) is 5.65 Å². The number of nitrogens with zero attached hydrogens (tertiary/aromatic N) is 5. The predicted molar refractivity (Wildman–Crippen MR) is 130 cm³/mol. The number of carbonyl (C=O) groups is 1. The Morgan fingerprint density at radius 2 is 2.19 bits per heavy atom. The van der Waals surface area contributed by atoms with E-state index >= 15 is 0 Å². The highest BCUT2D eigenvalue weighted by Gasteiger charge is 2.28. The van der Waals surface area contributed by atoms with Crippen LogP contribution >= 0.6 is 24.0 Å². The van der Waals surface area contributed by atoms with Crippen LogP contribution in [0.1, 0.15) is 22.8 Å². The number of hydrogen-bond donors (Lipinski definition) is 3. The van der Waals surface area contributed by atoms with E-state index in [1.54, 1.807) is 18.5 Å². The van der Waals surface area contributed by atoms with Crippen molar-refractivity contribution in [2.75, 3.05) is 18.4 Å². The lowest BCUT2D eigenvalue weighted by Gasteiger charge is -2.28. The zero-order valence-electron chi connectivity index (χ0n) is 18.5. The molecule has 0 unspecified atom stereocenters. The molecular weight excluding hydrogens is 519 g/mol.